The lowest BCUT2D eigenvalue weighted by atomic mass is 10.2. The van der Waals surface area contributed by atoms with Gasteiger partial charge in [0.25, 0.3) is 0 Å². The van der Waals surface area contributed by atoms with E-state index in [1.165, 1.54) is 23.5 Å². The molecule has 2 heterocycles. The van der Waals surface area contributed by atoms with E-state index in [-0.39, 0.29) is 5.76 Å². The molecular weight excluding hydrogens is 284 g/mol. The highest BCUT2D eigenvalue weighted by Crippen LogP contribution is 2.35. The maximum atomic E-state index is 11.1. The summed E-state index contributed by atoms with van der Waals surface area (Å²) >= 11 is 3.23. The summed E-state index contributed by atoms with van der Waals surface area (Å²) in [5.74, 6) is -0.513. The van der Waals surface area contributed by atoms with E-state index in [4.69, 9.17) is 9.52 Å². The second kappa shape index (κ2) is 6.08. The standard InChI is InChI=1S/C13H12O4S2/c1-2-7-18-11-6-4-9(19-11)8-3-5-10(14)17-12(8)13(15)16/h3-6H,2,7H2,1H3,(H,15,16). The Bertz CT molecular complexity index is 642. The van der Waals surface area contributed by atoms with Crippen molar-refractivity contribution in [1.29, 1.82) is 0 Å². The number of aromatic carboxylic acids is 1. The van der Waals surface area contributed by atoms with Crippen LogP contribution in [0, 0.1) is 0 Å². The number of carboxylic acids is 1. The van der Waals surface area contributed by atoms with E-state index in [1.807, 2.05) is 12.1 Å². The molecule has 0 unspecified atom stereocenters. The van der Waals surface area contributed by atoms with Crippen LogP contribution in [0.2, 0.25) is 0 Å². The molecule has 0 saturated carbocycles. The Labute approximate surface area is 118 Å². The van der Waals surface area contributed by atoms with Crippen LogP contribution >= 0.6 is 23.1 Å². The van der Waals surface area contributed by atoms with E-state index in [9.17, 15) is 9.59 Å². The van der Waals surface area contributed by atoms with E-state index in [0.717, 1.165) is 21.3 Å². The van der Waals surface area contributed by atoms with Gasteiger partial charge in [-0.3, -0.25) is 0 Å². The van der Waals surface area contributed by atoms with Gasteiger partial charge in [-0.05, 0) is 30.4 Å². The Morgan fingerprint density at radius 3 is 2.84 bits per heavy atom. The fourth-order valence-electron chi connectivity index (χ4n) is 1.51. The van der Waals surface area contributed by atoms with Crippen LogP contribution in [-0.4, -0.2) is 16.8 Å². The van der Waals surface area contributed by atoms with Gasteiger partial charge in [-0.15, -0.1) is 23.1 Å². The lowest BCUT2D eigenvalue weighted by Gasteiger charge is -2.00. The number of rotatable bonds is 5. The van der Waals surface area contributed by atoms with Gasteiger partial charge in [-0.2, -0.15) is 0 Å². The maximum absolute atomic E-state index is 11.1. The number of hydrogen-bond donors (Lipinski definition) is 1. The Balaban J connectivity index is 2.38. The largest absolute Gasteiger partial charge is 0.475 e. The SMILES string of the molecule is CCCSc1ccc(-c2ccc(=O)oc2C(=O)O)s1. The van der Waals surface area contributed by atoms with Crippen molar-refractivity contribution in [2.45, 2.75) is 17.6 Å². The third kappa shape index (κ3) is 3.27. The zero-order valence-electron chi connectivity index (χ0n) is 10.2. The molecule has 0 aliphatic rings. The summed E-state index contributed by atoms with van der Waals surface area (Å²) in [5, 5.41) is 9.07. The van der Waals surface area contributed by atoms with Gasteiger partial charge in [0.2, 0.25) is 5.76 Å². The van der Waals surface area contributed by atoms with Crippen LogP contribution in [0.1, 0.15) is 23.9 Å². The van der Waals surface area contributed by atoms with Crippen LogP contribution in [0.5, 0.6) is 0 Å². The molecule has 2 aromatic rings. The number of thioether (sulfide) groups is 1. The van der Waals surface area contributed by atoms with E-state index in [0.29, 0.717) is 5.56 Å². The molecule has 0 fully saturated rings. The first-order valence-electron chi connectivity index (χ1n) is 5.72. The number of hydrogen-bond acceptors (Lipinski definition) is 5. The molecule has 2 rings (SSSR count). The van der Waals surface area contributed by atoms with Crippen molar-refractivity contribution in [3.8, 4) is 10.4 Å². The predicted molar refractivity (Wildman–Crippen MR) is 76.3 cm³/mol. The smallest absolute Gasteiger partial charge is 0.372 e. The zero-order valence-corrected chi connectivity index (χ0v) is 11.8. The molecule has 1 N–H and O–H groups in total. The predicted octanol–water partition coefficient (Wildman–Crippen LogP) is 3.57. The summed E-state index contributed by atoms with van der Waals surface area (Å²) in [5.41, 5.74) is -0.210. The minimum absolute atomic E-state index is 0.304. The molecule has 100 valence electrons. The van der Waals surface area contributed by atoms with E-state index in [2.05, 4.69) is 6.92 Å². The lowest BCUT2D eigenvalue weighted by Crippen LogP contribution is -2.06. The summed E-state index contributed by atoms with van der Waals surface area (Å²) in [6, 6.07) is 6.54. The second-order valence-electron chi connectivity index (χ2n) is 3.77. The lowest BCUT2D eigenvalue weighted by molar-refractivity contribution is 0.0658. The highest BCUT2D eigenvalue weighted by molar-refractivity contribution is 8.01. The average molecular weight is 296 g/mol. The van der Waals surface area contributed by atoms with E-state index >= 15 is 0 Å². The van der Waals surface area contributed by atoms with Crippen molar-refractivity contribution >= 4 is 29.1 Å². The van der Waals surface area contributed by atoms with Gasteiger partial charge in [0, 0.05) is 16.5 Å². The van der Waals surface area contributed by atoms with Crippen LogP contribution in [0.4, 0.5) is 0 Å². The number of carbonyl (C=O) groups is 1. The highest BCUT2D eigenvalue weighted by Gasteiger charge is 2.17. The Morgan fingerprint density at radius 1 is 1.37 bits per heavy atom. The molecule has 0 atom stereocenters. The zero-order chi connectivity index (χ0) is 13.8. The van der Waals surface area contributed by atoms with Crippen LogP contribution < -0.4 is 5.63 Å². The van der Waals surface area contributed by atoms with Gasteiger partial charge < -0.3 is 9.52 Å². The molecule has 6 heteroatoms. The first-order valence-corrected chi connectivity index (χ1v) is 7.52. The molecule has 0 bridgehead atoms. The minimum Gasteiger partial charge on any atom is -0.475 e. The molecule has 19 heavy (non-hydrogen) atoms. The van der Waals surface area contributed by atoms with Crippen molar-refractivity contribution in [3.05, 3.63) is 40.4 Å². The monoisotopic (exact) mass is 296 g/mol. The molecule has 2 aromatic heterocycles. The van der Waals surface area contributed by atoms with Crippen molar-refractivity contribution < 1.29 is 14.3 Å². The Kier molecular flexibility index (Phi) is 4.44. The third-order valence-corrected chi connectivity index (χ3v) is 4.87. The summed E-state index contributed by atoms with van der Waals surface area (Å²) in [6.45, 7) is 2.11. The summed E-state index contributed by atoms with van der Waals surface area (Å²) in [6.07, 6.45) is 1.08. The highest BCUT2D eigenvalue weighted by atomic mass is 32.2. The minimum atomic E-state index is -1.23. The van der Waals surface area contributed by atoms with Gasteiger partial charge in [0.05, 0.1) is 4.21 Å². The van der Waals surface area contributed by atoms with Crippen molar-refractivity contribution in [3.63, 3.8) is 0 Å². The number of thiophene rings is 1. The average Bonchev–Trinajstić information content (AvgIpc) is 2.84. The Morgan fingerprint density at radius 2 is 2.16 bits per heavy atom. The quantitative estimate of drug-likeness (QED) is 0.854. The molecule has 0 aliphatic carbocycles. The van der Waals surface area contributed by atoms with Crippen molar-refractivity contribution in [2.24, 2.45) is 0 Å². The van der Waals surface area contributed by atoms with E-state index in [1.54, 1.807) is 11.8 Å². The van der Waals surface area contributed by atoms with E-state index < -0.39 is 11.6 Å². The van der Waals surface area contributed by atoms with Crippen LogP contribution in [0.15, 0.2) is 37.7 Å². The summed E-state index contributed by atoms with van der Waals surface area (Å²) in [4.78, 5) is 23.0. The molecule has 0 radical (unpaired) electrons. The molecular formula is C13H12O4S2. The number of carboxylic acid groups (broad SMARTS) is 1. The van der Waals surface area contributed by atoms with Crippen molar-refractivity contribution in [2.75, 3.05) is 5.75 Å². The molecule has 0 saturated heterocycles. The van der Waals surface area contributed by atoms with Gasteiger partial charge in [-0.1, -0.05) is 6.92 Å². The summed E-state index contributed by atoms with van der Waals surface area (Å²) < 4.78 is 5.88. The van der Waals surface area contributed by atoms with Gasteiger partial charge in [-0.25, -0.2) is 9.59 Å². The van der Waals surface area contributed by atoms with Gasteiger partial charge >= 0.3 is 11.6 Å². The van der Waals surface area contributed by atoms with Gasteiger partial charge in [0.15, 0.2) is 0 Å². The Hall–Kier alpha value is -1.53. The van der Waals surface area contributed by atoms with Crippen LogP contribution in [0.25, 0.3) is 10.4 Å². The first kappa shape index (κ1) is 13.9. The molecule has 0 spiro atoms. The summed E-state index contributed by atoms with van der Waals surface area (Å²) in [7, 11) is 0. The second-order valence-corrected chi connectivity index (χ2v) is 6.25. The molecule has 0 amide bonds. The fraction of sp³-hybridized carbons (Fsp3) is 0.231. The van der Waals surface area contributed by atoms with Gasteiger partial charge in [0.1, 0.15) is 0 Å². The first-order chi connectivity index (χ1) is 9.11. The van der Waals surface area contributed by atoms with Crippen LogP contribution in [0.3, 0.4) is 0 Å². The molecule has 4 nitrogen and oxygen atoms in total. The topological polar surface area (TPSA) is 67.5 Å². The fourth-order valence-corrected chi connectivity index (χ4v) is 3.60. The maximum Gasteiger partial charge on any atom is 0.372 e. The normalized spacial score (nSPS) is 10.6. The third-order valence-electron chi connectivity index (χ3n) is 2.32. The molecule has 0 aromatic carbocycles. The van der Waals surface area contributed by atoms with Crippen LogP contribution in [-0.2, 0) is 0 Å². The van der Waals surface area contributed by atoms with Crippen molar-refractivity contribution in [1.82, 2.24) is 0 Å². The molecule has 0 aliphatic heterocycles.